The van der Waals surface area contributed by atoms with Gasteiger partial charge in [0.2, 0.25) is 0 Å². The number of aryl methyl sites for hydroxylation is 1. The van der Waals surface area contributed by atoms with Crippen molar-refractivity contribution < 1.29 is 23.4 Å². The van der Waals surface area contributed by atoms with Crippen LogP contribution in [0.4, 0.5) is 13.6 Å². The Morgan fingerprint density at radius 1 is 1.30 bits per heavy atom. The zero-order valence-corrected chi connectivity index (χ0v) is 17.8. The molecule has 0 unspecified atom stereocenters. The number of carbonyl (C=O) groups is 1. The third-order valence-electron chi connectivity index (χ3n) is 5.76. The van der Waals surface area contributed by atoms with Gasteiger partial charge in [-0.25, -0.2) is 23.5 Å². The summed E-state index contributed by atoms with van der Waals surface area (Å²) in [7, 11) is 0. The highest BCUT2D eigenvalue weighted by atomic mass is 19.1. The van der Waals surface area contributed by atoms with Crippen LogP contribution in [0.25, 0.3) is 28.3 Å². The molecule has 1 fully saturated rings. The van der Waals surface area contributed by atoms with Crippen LogP contribution in [0, 0.1) is 18.6 Å². The Morgan fingerprint density at radius 2 is 2.09 bits per heavy atom. The number of benzene rings is 1. The van der Waals surface area contributed by atoms with E-state index in [1.54, 1.807) is 16.8 Å². The second kappa shape index (κ2) is 8.28. The number of carboxylic acid groups (broad SMARTS) is 1. The van der Waals surface area contributed by atoms with Crippen molar-refractivity contribution in [3.63, 3.8) is 0 Å². The van der Waals surface area contributed by atoms with E-state index in [4.69, 9.17) is 4.74 Å². The Balaban J connectivity index is 1.61. The number of amides is 1. The van der Waals surface area contributed by atoms with Crippen molar-refractivity contribution in [1.29, 1.82) is 0 Å². The number of ether oxygens (including phenoxy) is 1. The summed E-state index contributed by atoms with van der Waals surface area (Å²) in [6, 6.07) is 6.14. The molecule has 1 atom stereocenters. The van der Waals surface area contributed by atoms with Crippen LogP contribution in [0.2, 0.25) is 0 Å². The molecule has 2 N–H and O–H groups in total. The number of H-pyrrole nitrogens is 1. The molecule has 3 aromatic heterocycles. The maximum absolute atomic E-state index is 15.3. The van der Waals surface area contributed by atoms with E-state index in [0.717, 1.165) is 5.56 Å². The number of hydrogen-bond acceptors (Lipinski definition) is 4. The molecule has 0 aliphatic carbocycles. The number of rotatable bonds is 4. The van der Waals surface area contributed by atoms with Gasteiger partial charge >= 0.3 is 6.09 Å². The quantitative estimate of drug-likeness (QED) is 0.489. The van der Waals surface area contributed by atoms with E-state index in [1.807, 2.05) is 19.1 Å². The van der Waals surface area contributed by atoms with Crippen LogP contribution in [-0.2, 0) is 11.2 Å². The minimum atomic E-state index is -1.03. The Bertz CT molecular complexity index is 1310. The van der Waals surface area contributed by atoms with Crippen molar-refractivity contribution in [3.8, 4) is 22.6 Å². The van der Waals surface area contributed by atoms with Gasteiger partial charge in [-0.15, -0.1) is 0 Å². The summed E-state index contributed by atoms with van der Waals surface area (Å²) in [6.45, 7) is 2.60. The Hall–Kier alpha value is -3.79. The Kier molecular flexibility index (Phi) is 5.29. The number of morpholine rings is 1. The molecule has 0 radical (unpaired) electrons. The smallest absolute Gasteiger partial charge is 0.407 e. The van der Waals surface area contributed by atoms with Gasteiger partial charge in [-0.05, 0) is 36.8 Å². The van der Waals surface area contributed by atoms with Crippen molar-refractivity contribution in [2.75, 3.05) is 19.7 Å². The number of aromatic amines is 1. The molecule has 170 valence electrons. The number of nitrogens with zero attached hydrogens (tertiary/aromatic N) is 4. The zero-order chi connectivity index (χ0) is 23.1. The average molecular weight is 453 g/mol. The lowest BCUT2D eigenvalue weighted by molar-refractivity contribution is -0.0214. The molecule has 5 rings (SSSR count). The maximum atomic E-state index is 15.3. The number of hydrogen-bond donors (Lipinski definition) is 2. The Morgan fingerprint density at radius 3 is 2.79 bits per heavy atom. The third-order valence-corrected chi connectivity index (χ3v) is 5.76. The molecule has 0 spiro atoms. The predicted molar refractivity (Wildman–Crippen MR) is 116 cm³/mol. The molecule has 1 amide bonds. The minimum Gasteiger partial charge on any atom is -0.465 e. The number of aromatic nitrogens is 4. The highest BCUT2D eigenvalue weighted by Gasteiger charge is 2.28. The average Bonchev–Trinajstić information content (AvgIpc) is 3.42. The van der Waals surface area contributed by atoms with Crippen LogP contribution in [-0.4, -0.2) is 61.3 Å². The van der Waals surface area contributed by atoms with Gasteiger partial charge in [0.25, 0.3) is 0 Å². The molecule has 1 saturated heterocycles. The molecule has 10 heteroatoms. The molecule has 8 nitrogen and oxygen atoms in total. The number of fused-ring (bicyclic) bond motifs is 1. The first kappa shape index (κ1) is 21.1. The van der Waals surface area contributed by atoms with E-state index < -0.39 is 23.8 Å². The lowest BCUT2D eigenvalue weighted by Crippen LogP contribution is -2.45. The van der Waals surface area contributed by atoms with Crippen LogP contribution >= 0.6 is 0 Å². The highest BCUT2D eigenvalue weighted by Crippen LogP contribution is 2.33. The number of pyridine rings is 1. The van der Waals surface area contributed by atoms with Gasteiger partial charge in [0.1, 0.15) is 23.1 Å². The molecule has 1 aliphatic heterocycles. The SMILES string of the molecule is Cc1ccn2c(C[C@H]3CN(C(=O)O)CCO3)c(-c3c(F)cc(-c4ncc[nH]4)cc3F)nc2c1. The molecular formula is C23H21F2N5O3. The zero-order valence-electron chi connectivity index (χ0n) is 17.8. The van der Waals surface area contributed by atoms with Crippen molar-refractivity contribution in [3.05, 3.63) is 65.7 Å². The van der Waals surface area contributed by atoms with E-state index in [2.05, 4.69) is 15.0 Å². The molecule has 0 saturated carbocycles. The first-order valence-corrected chi connectivity index (χ1v) is 10.5. The topological polar surface area (TPSA) is 95.8 Å². The number of imidazole rings is 2. The minimum absolute atomic E-state index is 0.163. The summed E-state index contributed by atoms with van der Waals surface area (Å²) in [6.07, 6.45) is 3.62. The van der Waals surface area contributed by atoms with Gasteiger partial charge in [-0.1, -0.05) is 0 Å². The van der Waals surface area contributed by atoms with Crippen molar-refractivity contribution in [2.24, 2.45) is 0 Å². The molecular weight excluding hydrogens is 432 g/mol. The highest BCUT2D eigenvalue weighted by molar-refractivity contribution is 5.71. The van der Waals surface area contributed by atoms with Gasteiger partial charge in [0.15, 0.2) is 0 Å². The van der Waals surface area contributed by atoms with Crippen molar-refractivity contribution in [1.82, 2.24) is 24.3 Å². The summed E-state index contributed by atoms with van der Waals surface area (Å²) in [5.41, 5.74) is 2.24. The van der Waals surface area contributed by atoms with Crippen molar-refractivity contribution >= 4 is 11.7 Å². The number of halogens is 2. The monoisotopic (exact) mass is 453 g/mol. The van der Waals surface area contributed by atoms with Crippen LogP contribution < -0.4 is 0 Å². The van der Waals surface area contributed by atoms with Gasteiger partial charge in [0, 0.05) is 37.1 Å². The number of nitrogens with one attached hydrogen (secondary N) is 1. The second-order valence-corrected chi connectivity index (χ2v) is 8.02. The summed E-state index contributed by atoms with van der Waals surface area (Å²) in [5, 5.41) is 9.34. The van der Waals surface area contributed by atoms with Crippen LogP contribution in [0.1, 0.15) is 11.3 Å². The molecule has 1 aromatic carbocycles. The summed E-state index contributed by atoms with van der Waals surface area (Å²) < 4.78 is 38.1. The van der Waals surface area contributed by atoms with E-state index in [9.17, 15) is 9.90 Å². The largest absolute Gasteiger partial charge is 0.465 e. The van der Waals surface area contributed by atoms with E-state index in [0.29, 0.717) is 17.2 Å². The van der Waals surface area contributed by atoms with Crippen LogP contribution in [0.15, 0.2) is 42.9 Å². The van der Waals surface area contributed by atoms with Crippen LogP contribution in [0.5, 0.6) is 0 Å². The lowest BCUT2D eigenvalue weighted by Gasteiger charge is -2.31. The fourth-order valence-electron chi connectivity index (χ4n) is 4.18. The fraction of sp³-hybridized carbons (Fsp3) is 0.261. The summed E-state index contributed by atoms with van der Waals surface area (Å²) >= 11 is 0. The van der Waals surface area contributed by atoms with Crippen LogP contribution in [0.3, 0.4) is 0 Å². The molecule has 33 heavy (non-hydrogen) atoms. The van der Waals surface area contributed by atoms with Gasteiger partial charge < -0.3 is 24.1 Å². The molecule has 4 aromatic rings. The van der Waals surface area contributed by atoms with E-state index in [1.165, 1.54) is 23.2 Å². The third kappa shape index (κ3) is 3.93. The lowest BCUT2D eigenvalue weighted by atomic mass is 10.0. The van der Waals surface area contributed by atoms with E-state index in [-0.39, 0.29) is 42.9 Å². The van der Waals surface area contributed by atoms with Gasteiger partial charge in [-0.2, -0.15) is 0 Å². The van der Waals surface area contributed by atoms with Gasteiger partial charge in [0.05, 0.1) is 36.2 Å². The first-order chi connectivity index (χ1) is 15.9. The molecule has 0 bridgehead atoms. The predicted octanol–water partition coefficient (Wildman–Crippen LogP) is 3.90. The maximum Gasteiger partial charge on any atom is 0.407 e. The van der Waals surface area contributed by atoms with Crippen molar-refractivity contribution in [2.45, 2.75) is 19.4 Å². The summed E-state index contributed by atoms with van der Waals surface area (Å²) in [4.78, 5) is 24.1. The molecule has 4 heterocycles. The summed E-state index contributed by atoms with van der Waals surface area (Å²) in [5.74, 6) is -1.17. The Labute approximate surface area is 187 Å². The fourth-order valence-corrected chi connectivity index (χ4v) is 4.18. The standard InChI is InChI=1S/C23H21F2N5O3/c1-13-2-5-30-18(11-15-12-29(23(31)32)6-7-33-15)21(28-19(30)8-13)20-16(24)9-14(10-17(20)25)22-26-3-4-27-22/h2-5,8-10,15H,6-7,11-12H2,1H3,(H,26,27)(H,31,32)/t15-/m0/s1. The molecule has 1 aliphatic rings. The first-order valence-electron chi connectivity index (χ1n) is 10.5. The van der Waals surface area contributed by atoms with E-state index >= 15 is 8.78 Å². The van der Waals surface area contributed by atoms with Gasteiger partial charge in [-0.3, -0.25) is 0 Å². The normalized spacial score (nSPS) is 16.5. The second-order valence-electron chi connectivity index (χ2n) is 8.02.